The monoisotopic (exact) mass is 218 g/mol. The Kier molecular flexibility index (Phi) is 3.78. The van der Waals surface area contributed by atoms with Crippen LogP contribution < -0.4 is 10.1 Å². The minimum atomic E-state index is -0.598. The van der Waals surface area contributed by atoms with Crippen molar-refractivity contribution in [2.45, 2.75) is 32.7 Å². The molecule has 0 amide bonds. The molecular weight excluding hydrogens is 200 g/mol. The van der Waals surface area contributed by atoms with Crippen molar-refractivity contribution in [1.82, 2.24) is 0 Å². The van der Waals surface area contributed by atoms with Crippen LogP contribution in [0.25, 0.3) is 0 Å². The molecule has 0 saturated carbocycles. The second-order valence-corrected chi connectivity index (χ2v) is 4.25. The van der Waals surface area contributed by atoms with Gasteiger partial charge in [-0.25, -0.2) is 0 Å². The molecule has 0 heterocycles. The summed E-state index contributed by atoms with van der Waals surface area (Å²) in [5.41, 5.74) is 1.49. The zero-order chi connectivity index (χ0) is 12.2. The molecule has 1 aromatic rings. The van der Waals surface area contributed by atoms with Crippen molar-refractivity contribution in [2.75, 3.05) is 12.4 Å². The van der Waals surface area contributed by atoms with Crippen LogP contribution in [0.3, 0.4) is 0 Å². The van der Waals surface area contributed by atoms with Crippen LogP contribution in [0.2, 0.25) is 0 Å². The minimum Gasteiger partial charge on any atom is -0.495 e. The third-order valence-electron chi connectivity index (χ3n) is 2.40. The van der Waals surface area contributed by atoms with E-state index in [1.165, 1.54) is 5.56 Å². The van der Waals surface area contributed by atoms with Crippen LogP contribution in [0.5, 0.6) is 5.75 Å². The van der Waals surface area contributed by atoms with Crippen LogP contribution >= 0.6 is 0 Å². The van der Waals surface area contributed by atoms with E-state index in [0.717, 1.165) is 17.9 Å². The first-order chi connectivity index (χ1) is 7.52. The first-order valence-corrected chi connectivity index (χ1v) is 5.38. The molecule has 0 aliphatic heterocycles. The Balaban J connectivity index is 3.06. The van der Waals surface area contributed by atoms with Gasteiger partial charge in [-0.1, -0.05) is 13.0 Å². The highest BCUT2D eigenvalue weighted by molar-refractivity contribution is 5.60. The van der Waals surface area contributed by atoms with Crippen LogP contribution in [-0.4, -0.2) is 12.6 Å². The standard InChI is InChI=1S/C13H18N2O/c1-5-10-6-7-12(16-4)11(8-10)15-13(2,3)9-14/h6-8,15H,5H2,1-4H3. The molecule has 1 aromatic carbocycles. The summed E-state index contributed by atoms with van der Waals surface area (Å²) in [4.78, 5) is 0. The van der Waals surface area contributed by atoms with Crippen molar-refractivity contribution in [2.24, 2.45) is 0 Å². The van der Waals surface area contributed by atoms with E-state index in [4.69, 9.17) is 10.00 Å². The fourth-order valence-corrected chi connectivity index (χ4v) is 1.44. The van der Waals surface area contributed by atoms with Gasteiger partial charge in [0.15, 0.2) is 0 Å². The van der Waals surface area contributed by atoms with E-state index >= 15 is 0 Å². The number of ether oxygens (including phenoxy) is 1. The molecular formula is C13H18N2O. The summed E-state index contributed by atoms with van der Waals surface area (Å²) in [6.07, 6.45) is 0.964. The fraction of sp³-hybridized carbons (Fsp3) is 0.462. The van der Waals surface area contributed by atoms with Crippen LogP contribution in [0.15, 0.2) is 18.2 Å². The number of nitrogens with one attached hydrogen (secondary N) is 1. The number of benzene rings is 1. The summed E-state index contributed by atoms with van der Waals surface area (Å²) >= 11 is 0. The van der Waals surface area contributed by atoms with Gasteiger partial charge in [0.25, 0.3) is 0 Å². The van der Waals surface area contributed by atoms with Crippen molar-refractivity contribution in [3.63, 3.8) is 0 Å². The highest BCUT2D eigenvalue weighted by Gasteiger charge is 2.18. The van der Waals surface area contributed by atoms with Gasteiger partial charge in [0.1, 0.15) is 11.3 Å². The van der Waals surface area contributed by atoms with Gasteiger partial charge >= 0.3 is 0 Å². The molecule has 0 unspecified atom stereocenters. The molecule has 0 atom stereocenters. The number of aryl methyl sites for hydroxylation is 1. The molecule has 0 aliphatic carbocycles. The van der Waals surface area contributed by atoms with E-state index in [-0.39, 0.29) is 0 Å². The van der Waals surface area contributed by atoms with Crippen molar-refractivity contribution in [3.8, 4) is 11.8 Å². The molecule has 0 spiro atoms. The molecule has 0 fully saturated rings. The highest BCUT2D eigenvalue weighted by Crippen LogP contribution is 2.28. The summed E-state index contributed by atoms with van der Waals surface area (Å²) in [5.74, 6) is 0.764. The predicted molar refractivity (Wildman–Crippen MR) is 65.7 cm³/mol. The average molecular weight is 218 g/mol. The molecule has 0 radical (unpaired) electrons. The van der Waals surface area contributed by atoms with Gasteiger partial charge < -0.3 is 10.1 Å². The second kappa shape index (κ2) is 4.89. The van der Waals surface area contributed by atoms with Gasteiger partial charge in [-0.2, -0.15) is 5.26 Å². The summed E-state index contributed by atoms with van der Waals surface area (Å²) in [5, 5.41) is 12.2. The molecule has 86 valence electrons. The van der Waals surface area contributed by atoms with Gasteiger partial charge in [-0.05, 0) is 38.0 Å². The minimum absolute atomic E-state index is 0.598. The third-order valence-corrected chi connectivity index (χ3v) is 2.40. The van der Waals surface area contributed by atoms with Crippen molar-refractivity contribution < 1.29 is 4.74 Å². The van der Waals surface area contributed by atoms with E-state index < -0.39 is 5.54 Å². The highest BCUT2D eigenvalue weighted by atomic mass is 16.5. The number of rotatable bonds is 4. The van der Waals surface area contributed by atoms with E-state index in [9.17, 15) is 0 Å². The molecule has 1 rings (SSSR count). The largest absolute Gasteiger partial charge is 0.495 e. The lowest BCUT2D eigenvalue weighted by Gasteiger charge is -2.21. The topological polar surface area (TPSA) is 45.0 Å². The Morgan fingerprint density at radius 1 is 1.44 bits per heavy atom. The maximum Gasteiger partial charge on any atom is 0.142 e. The number of hydrogen-bond donors (Lipinski definition) is 1. The molecule has 3 heteroatoms. The molecule has 0 saturated heterocycles. The molecule has 3 nitrogen and oxygen atoms in total. The van der Waals surface area contributed by atoms with Crippen molar-refractivity contribution in [3.05, 3.63) is 23.8 Å². The SMILES string of the molecule is CCc1ccc(OC)c(NC(C)(C)C#N)c1. The van der Waals surface area contributed by atoms with Gasteiger partial charge in [-0.3, -0.25) is 0 Å². The molecule has 0 aromatic heterocycles. The second-order valence-electron chi connectivity index (χ2n) is 4.25. The van der Waals surface area contributed by atoms with E-state index in [2.05, 4.69) is 18.3 Å². The average Bonchev–Trinajstić information content (AvgIpc) is 2.28. The molecule has 16 heavy (non-hydrogen) atoms. The summed E-state index contributed by atoms with van der Waals surface area (Å²) < 4.78 is 5.26. The third kappa shape index (κ3) is 2.90. The lowest BCUT2D eigenvalue weighted by atomic mass is 10.1. The van der Waals surface area contributed by atoms with E-state index in [1.807, 2.05) is 32.0 Å². The van der Waals surface area contributed by atoms with Crippen LogP contribution in [0.1, 0.15) is 26.3 Å². The Bertz CT molecular complexity index is 405. The van der Waals surface area contributed by atoms with Crippen molar-refractivity contribution >= 4 is 5.69 Å². The smallest absolute Gasteiger partial charge is 0.142 e. The fourth-order valence-electron chi connectivity index (χ4n) is 1.44. The Morgan fingerprint density at radius 3 is 2.62 bits per heavy atom. The maximum absolute atomic E-state index is 8.99. The van der Waals surface area contributed by atoms with Gasteiger partial charge in [0.05, 0.1) is 18.9 Å². The molecule has 0 aliphatic rings. The summed E-state index contributed by atoms with van der Waals surface area (Å²) in [7, 11) is 1.63. The maximum atomic E-state index is 8.99. The van der Waals surface area contributed by atoms with Crippen LogP contribution in [0, 0.1) is 11.3 Å². The molecule has 1 N–H and O–H groups in total. The van der Waals surface area contributed by atoms with Gasteiger partial charge in [0, 0.05) is 0 Å². The van der Waals surface area contributed by atoms with Gasteiger partial charge in [-0.15, -0.1) is 0 Å². The normalized spacial score (nSPS) is 10.7. The lowest BCUT2D eigenvalue weighted by molar-refractivity contribution is 0.415. The molecule has 0 bridgehead atoms. The Labute approximate surface area is 97.0 Å². The number of nitriles is 1. The van der Waals surface area contributed by atoms with Crippen LogP contribution in [0.4, 0.5) is 5.69 Å². The van der Waals surface area contributed by atoms with Crippen molar-refractivity contribution in [1.29, 1.82) is 5.26 Å². The number of hydrogen-bond acceptors (Lipinski definition) is 3. The number of anilines is 1. The first-order valence-electron chi connectivity index (χ1n) is 5.38. The number of methoxy groups -OCH3 is 1. The summed E-state index contributed by atoms with van der Waals surface area (Å²) in [6.45, 7) is 5.77. The van der Waals surface area contributed by atoms with E-state index in [1.54, 1.807) is 7.11 Å². The zero-order valence-electron chi connectivity index (χ0n) is 10.3. The van der Waals surface area contributed by atoms with E-state index in [0.29, 0.717) is 0 Å². The van der Waals surface area contributed by atoms with Gasteiger partial charge in [0.2, 0.25) is 0 Å². The zero-order valence-corrected chi connectivity index (χ0v) is 10.3. The first kappa shape index (κ1) is 12.4. The van der Waals surface area contributed by atoms with Crippen LogP contribution in [-0.2, 0) is 6.42 Å². The Hall–Kier alpha value is -1.69. The number of nitrogens with zero attached hydrogens (tertiary/aromatic N) is 1. The quantitative estimate of drug-likeness (QED) is 0.845. The lowest BCUT2D eigenvalue weighted by Crippen LogP contribution is -2.28. The Morgan fingerprint density at radius 2 is 2.12 bits per heavy atom. The predicted octanol–water partition coefficient (Wildman–Crippen LogP) is 2.97. The summed E-state index contributed by atoms with van der Waals surface area (Å²) in [6, 6.07) is 8.19.